The van der Waals surface area contributed by atoms with Crippen LogP contribution in [-0.2, 0) is 0 Å². The molecule has 1 rings (SSSR count). The predicted octanol–water partition coefficient (Wildman–Crippen LogP) is 4.75. The Bertz CT molecular complexity index is 432. The Morgan fingerprint density at radius 2 is 1.95 bits per heavy atom. The number of hydrogen-bond acceptors (Lipinski definition) is 2. The van der Waals surface area contributed by atoms with Crippen molar-refractivity contribution in [2.45, 2.75) is 40.2 Å². The molecule has 0 amide bonds. The molecular formula is C16H26Cl2N2. The smallest absolute Gasteiger partial charge is 0.0454 e. The van der Waals surface area contributed by atoms with Crippen LogP contribution in [0.5, 0.6) is 0 Å². The molecule has 0 spiro atoms. The zero-order chi connectivity index (χ0) is 15.3. The molecular weight excluding hydrogens is 291 g/mol. The van der Waals surface area contributed by atoms with Crippen LogP contribution < -0.4 is 5.73 Å². The zero-order valence-electron chi connectivity index (χ0n) is 12.9. The molecule has 2 N–H and O–H groups in total. The second kappa shape index (κ2) is 7.65. The first kappa shape index (κ1) is 17.8. The molecule has 2 nitrogen and oxygen atoms in total. The minimum atomic E-state index is 0.0917. The van der Waals surface area contributed by atoms with E-state index in [1.54, 1.807) is 0 Å². The third kappa shape index (κ3) is 4.92. The third-order valence-electron chi connectivity index (χ3n) is 3.65. The van der Waals surface area contributed by atoms with E-state index in [2.05, 4.69) is 32.6 Å². The van der Waals surface area contributed by atoms with Gasteiger partial charge in [0, 0.05) is 22.6 Å². The molecule has 114 valence electrons. The number of rotatable bonds is 7. The third-order valence-corrected chi connectivity index (χ3v) is 4.23. The van der Waals surface area contributed by atoms with E-state index in [-0.39, 0.29) is 11.5 Å². The molecule has 0 bridgehead atoms. The van der Waals surface area contributed by atoms with Crippen molar-refractivity contribution in [2.75, 3.05) is 19.6 Å². The van der Waals surface area contributed by atoms with Gasteiger partial charge in [0.05, 0.1) is 0 Å². The maximum atomic E-state index is 6.33. The van der Waals surface area contributed by atoms with Crippen LogP contribution in [0.2, 0.25) is 10.0 Å². The number of nitrogens with zero attached hydrogens (tertiary/aromatic N) is 1. The Balaban J connectivity index is 2.98. The molecule has 0 aliphatic heterocycles. The molecule has 0 aliphatic rings. The Labute approximate surface area is 133 Å². The van der Waals surface area contributed by atoms with Crippen LogP contribution in [0.1, 0.15) is 45.7 Å². The summed E-state index contributed by atoms with van der Waals surface area (Å²) in [4.78, 5) is 2.43. The number of hydrogen-bond donors (Lipinski definition) is 1. The monoisotopic (exact) mass is 316 g/mol. The molecule has 0 fully saturated rings. The van der Waals surface area contributed by atoms with Crippen molar-refractivity contribution in [1.29, 1.82) is 0 Å². The van der Waals surface area contributed by atoms with Crippen molar-refractivity contribution < 1.29 is 0 Å². The van der Waals surface area contributed by atoms with Gasteiger partial charge in [0.25, 0.3) is 0 Å². The first-order valence-electron chi connectivity index (χ1n) is 7.20. The predicted molar refractivity (Wildman–Crippen MR) is 89.6 cm³/mol. The molecule has 1 aromatic rings. The van der Waals surface area contributed by atoms with Crippen LogP contribution >= 0.6 is 23.2 Å². The van der Waals surface area contributed by atoms with Gasteiger partial charge in [-0.25, -0.2) is 0 Å². The largest absolute Gasteiger partial charge is 0.330 e. The van der Waals surface area contributed by atoms with Crippen molar-refractivity contribution in [3.8, 4) is 0 Å². The van der Waals surface area contributed by atoms with Gasteiger partial charge < -0.3 is 5.73 Å². The zero-order valence-corrected chi connectivity index (χ0v) is 14.4. The first-order valence-corrected chi connectivity index (χ1v) is 7.95. The minimum absolute atomic E-state index is 0.0917. The van der Waals surface area contributed by atoms with E-state index in [0.29, 0.717) is 6.54 Å². The van der Waals surface area contributed by atoms with E-state index < -0.39 is 0 Å². The maximum Gasteiger partial charge on any atom is 0.0454 e. The van der Waals surface area contributed by atoms with Crippen molar-refractivity contribution in [2.24, 2.45) is 11.1 Å². The van der Waals surface area contributed by atoms with Crippen LogP contribution in [0.15, 0.2) is 18.2 Å². The summed E-state index contributed by atoms with van der Waals surface area (Å²) in [5, 5.41) is 1.50. The molecule has 1 unspecified atom stereocenters. The lowest BCUT2D eigenvalue weighted by atomic mass is 9.91. The van der Waals surface area contributed by atoms with E-state index in [9.17, 15) is 0 Å². The lowest BCUT2D eigenvalue weighted by Gasteiger charge is -2.36. The van der Waals surface area contributed by atoms with Crippen LogP contribution in [0, 0.1) is 5.41 Å². The molecule has 0 heterocycles. The number of benzene rings is 1. The standard InChI is InChI=1S/C16H26Cl2N2/c1-5-8-20(11-16(3,4)10-19)12(2)14-9-13(17)6-7-15(14)18/h6-7,9,12H,5,8,10-11,19H2,1-4H3. The summed E-state index contributed by atoms with van der Waals surface area (Å²) in [6, 6.07) is 5.89. The van der Waals surface area contributed by atoms with Gasteiger partial charge in [-0.3, -0.25) is 4.90 Å². The summed E-state index contributed by atoms with van der Waals surface area (Å²) in [6.45, 7) is 11.4. The molecule has 0 saturated heterocycles. The summed E-state index contributed by atoms with van der Waals surface area (Å²) in [5.74, 6) is 0. The number of halogens is 2. The molecule has 0 radical (unpaired) electrons. The van der Waals surface area contributed by atoms with Gasteiger partial charge in [-0.1, -0.05) is 44.0 Å². The summed E-state index contributed by atoms with van der Waals surface area (Å²) in [5.41, 5.74) is 7.05. The molecule has 0 aliphatic carbocycles. The highest BCUT2D eigenvalue weighted by molar-refractivity contribution is 6.33. The Kier molecular flexibility index (Phi) is 6.80. The summed E-state index contributed by atoms with van der Waals surface area (Å²) < 4.78 is 0. The molecule has 1 atom stereocenters. The first-order chi connectivity index (χ1) is 9.30. The quantitative estimate of drug-likeness (QED) is 0.786. The van der Waals surface area contributed by atoms with Crippen molar-refractivity contribution in [3.63, 3.8) is 0 Å². The molecule has 4 heteroatoms. The highest BCUT2D eigenvalue weighted by atomic mass is 35.5. The average molecular weight is 317 g/mol. The van der Waals surface area contributed by atoms with Crippen LogP contribution in [0.3, 0.4) is 0 Å². The van der Waals surface area contributed by atoms with Gasteiger partial charge in [-0.2, -0.15) is 0 Å². The summed E-state index contributed by atoms with van der Waals surface area (Å²) in [6.07, 6.45) is 1.10. The number of nitrogens with two attached hydrogens (primary N) is 1. The fourth-order valence-corrected chi connectivity index (χ4v) is 2.80. The second-order valence-electron chi connectivity index (χ2n) is 6.18. The van der Waals surface area contributed by atoms with E-state index in [0.717, 1.165) is 35.1 Å². The van der Waals surface area contributed by atoms with Gasteiger partial charge in [0.2, 0.25) is 0 Å². The molecule has 0 aromatic heterocycles. The molecule has 0 saturated carbocycles. The fraction of sp³-hybridized carbons (Fsp3) is 0.625. The lowest BCUT2D eigenvalue weighted by molar-refractivity contribution is 0.140. The van der Waals surface area contributed by atoms with E-state index in [1.807, 2.05) is 18.2 Å². The normalized spacial score (nSPS) is 13.8. The van der Waals surface area contributed by atoms with Crippen LogP contribution in [-0.4, -0.2) is 24.5 Å². The van der Waals surface area contributed by atoms with E-state index in [4.69, 9.17) is 28.9 Å². The van der Waals surface area contributed by atoms with Crippen molar-refractivity contribution >= 4 is 23.2 Å². The molecule has 20 heavy (non-hydrogen) atoms. The van der Waals surface area contributed by atoms with Crippen molar-refractivity contribution in [3.05, 3.63) is 33.8 Å². The fourth-order valence-electron chi connectivity index (χ4n) is 2.34. The highest BCUT2D eigenvalue weighted by Crippen LogP contribution is 2.31. The second-order valence-corrected chi connectivity index (χ2v) is 7.02. The van der Waals surface area contributed by atoms with Crippen molar-refractivity contribution in [1.82, 2.24) is 4.90 Å². The lowest BCUT2D eigenvalue weighted by Crippen LogP contribution is -2.40. The minimum Gasteiger partial charge on any atom is -0.330 e. The van der Waals surface area contributed by atoms with Gasteiger partial charge >= 0.3 is 0 Å². The van der Waals surface area contributed by atoms with Gasteiger partial charge in [0.1, 0.15) is 0 Å². The van der Waals surface area contributed by atoms with E-state index in [1.165, 1.54) is 0 Å². The Hall–Kier alpha value is -0.280. The Morgan fingerprint density at radius 3 is 2.50 bits per heavy atom. The maximum absolute atomic E-state index is 6.33. The summed E-state index contributed by atoms with van der Waals surface area (Å²) >= 11 is 12.4. The summed E-state index contributed by atoms with van der Waals surface area (Å²) in [7, 11) is 0. The van der Waals surface area contributed by atoms with Gasteiger partial charge in [-0.15, -0.1) is 0 Å². The average Bonchev–Trinajstić information content (AvgIpc) is 2.40. The highest BCUT2D eigenvalue weighted by Gasteiger charge is 2.25. The van der Waals surface area contributed by atoms with Crippen LogP contribution in [0.4, 0.5) is 0 Å². The SMILES string of the molecule is CCCN(CC(C)(C)CN)C(C)c1cc(Cl)ccc1Cl. The molecule has 1 aromatic carbocycles. The van der Waals surface area contributed by atoms with E-state index >= 15 is 0 Å². The Morgan fingerprint density at radius 1 is 1.30 bits per heavy atom. The van der Waals surface area contributed by atoms with Gasteiger partial charge in [-0.05, 0) is 55.6 Å². The van der Waals surface area contributed by atoms with Crippen LogP contribution in [0.25, 0.3) is 0 Å². The topological polar surface area (TPSA) is 29.3 Å². The van der Waals surface area contributed by atoms with Gasteiger partial charge in [0.15, 0.2) is 0 Å².